The molecule has 7 nitrogen and oxygen atoms in total. The molecule has 1 aromatic rings. The minimum atomic E-state index is -0.699. The highest BCUT2D eigenvalue weighted by Crippen LogP contribution is 2.26. The van der Waals surface area contributed by atoms with Crippen LogP contribution >= 0.6 is 0 Å². The topological polar surface area (TPSA) is 107 Å². The molecule has 0 saturated heterocycles. The highest BCUT2D eigenvalue weighted by atomic mass is 16.6. The van der Waals surface area contributed by atoms with E-state index in [0.717, 1.165) is 6.07 Å². The normalized spacial score (nSPS) is 11.9. The number of nitrogens with zero attached hydrogens (tertiary/aromatic N) is 1. The third kappa shape index (κ3) is 3.42. The second kappa shape index (κ2) is 5.97. The van der Waals surface area contributed by atoms with E-state index in [1.807, 2.05) is 6.92 Å². The molecule has 0 saturated carbocycles. The molecule has 1 rings (SSSR count). The number of nitro benzene ring substituents is 1. The lowest BCUT2D eigenvalue weighted by Crippen LogP contribution is -2.21. The second-order valence-corrected chi connectivity index (χ2v) is 3.85. The number of nitro groups is 1. The minimum Gasteiger partial charge on any atom is -0.383 e. The summed E-state index contributed by atoms with van der Waals surface area (Å²) < 4.78 is 4.93. The predicted molar refractivity (Wildman–Crippen MR) is 66.6 cm³/mol. The molecular weight excluding hydrogens is 238 g/mol. The first kappa shape index (κ1) is 13.9. The summed E-state index contributed by atoms with van der Waals surface area (Å²) in [7, 11) is 1.54. The Balaban J connectivity index is 3.04. The van der Waals surface area contributed by atoms with Gasteiger partial charge in [0.05, 0.1) is 11.5 Å². The number of hydrogen-bond donors (Lipinski definition) is 2. The molecule has 0 radical (unpaired) electrons. The molecule has 1 amide bonds. The van der Waals surface area contributed by atoms with Gasteiger partial charge in [-0.15, -0.1) is 0 Å². The van der Waals surface area contributed by atoms with Crippen molar-refractivity contribution in [2.75, 3.05) is 19.0 Å². The Morgan fingerprint density at radius 2 is 2.28 bits per heavy atom. The fourth-order valence-corrected chi connectivity index (χ4v) is 1.52. The third-order valence-corrected chi connectivity index (χ3v) is 2.30. The first-order valence-corrected chi connectivity index (χ1v) is 5.29. The lowest BCUT2D eigenvalue weighted by atomic mass is 10.1. The number of rotatable bonds is 6. The van der Waals surface area contributed by atoms with Gasteiger partial charge in [0, 0.05) is 24.8 Å². The van der Waals surface area contributed by atoms with Gasteiger partial charge in [-0.05, 0) is 19.1 Å². The first-order chi connectivity index (χ1) is 8.45. The Bertz CT molecular complexity index is 462. The van der Waals surface area contributed by atoms with Crippen molar-refractivity contribution in [1.82, 2.24) is 0 Å². The van der Waals surface area contributed by atoms with Gasteiger partial charge in [-0.2, -0.15) is 0 Å². The predicted octanol–water partition coefficient (Wildman–Crippen LogP) is 1.14. The highest BCUT2D eigenvalue weighted by molar-refractivity contribution is 5.94. The Hall–Kier alpha value is -2.15. The van der Waals surface area contributed by atoms with Gasteiger partial charge in [-0.3, -0.25) is 14.9 Å². The van der Waals surface area contributed by atoms with Crippen LogP contribution in [0.3, 0.4) is 0 Å². The summed E-state index contributed by atoms with van der Waals surface area (Å²) in [6.45, 7) is 2.24. The molecule has 1 atom stereocenters. The zero-order chi connectivity index (χ0) is 13.7. The molecule has 0 spiro atoms. The van der Waals surface area contributed by atoms with Crippen molar-refractivity contribution in [3.63, 3.8) is 0 Å². The Morgan fingerprint density at radius 3 is 2.78 bits per heavy atom. The van der Waals surface area contributed by atoms with E-state index in [-0.39, 0.29) is 17.3 Å². The summed E-state index contributed by atoms with van der Waals surface area (Å²) in [6, 6.07) is 3.97. The maximum Gasteiger partial charge on any atom is 0.293 e. The molecule has 0 aromatic heterocycles. The Morgan fingerprint density at radius 1 is 1.61 bits per heavy atom. The Labute approximate surface area is 104 Å². The number of anilines is 1. The molecule has 3 N–H and O–H groups in total. The summed E-state index contributed by atoms with van der Waals surface area (Å²) in [5.74, 6) is -0.699. The molecule has 7 heteroatoms. The summed E-state index contributed by atoms with van der Waals surface area (Å²) >= 11 is 0. The highest BCUT2D eigenvalue weighted by Gasteiger charge is 2.17. The van der Waals surface area contributed by atoms with Crippen LogP contribution in [0.4, 0.5) is 11.4 Å². The first-order valence-electron chi connectivity index (χ1n) is 5.29. The molecule has 0 aliphatic carbocycles. The summed E-state index contributed by atoms with van der Waals surface area (Å²) in [4.78, 5) is 21.3. The van der Waals surface area contributed by atoms with Crippen LogP contribution in [0.2, 0.25) is 0 Å². The zero-order valence-corrected chi connectivity index (χ0v) is 10.2. The van der Waals surface area contributed by atoms with E-state index in [0.29, 0.717) is 12.3 Å². The molecule has 0 heterocycles. The molecule has 0 aliphatic rings. The van der Waals surface area contributed by atoms with Gasteiger partial charge in [0.15, 0.2) is 0 Å². The van der Waals surface area contributed by atoms with Crippen molar-refractivity contribution >= 4 is 17.3 Å². The van der Waals surface area contributed by atoms with Crippen molar-refractivity contribution in [2.24, 2.45) is 5.73 Å². The minimum absolute atomic E-state index is 0.0897. The monoisotopic (exact) mass is 253 g/mol. The molecule has 0 bridgehead atoms. The fourth-order valence-electron chi connectivity index (χ4n) is 1.52. The van der Waals surface area contributed by atoms with E-state index in [1.54, 1.807) is 7.11 Å². The zero-order valence-electron chi connectivity index (χ0n) is 10.2. The molecule has 0 unspecified atom stereocenters. The van der Waals surface area contributed by atoms with Gasteiger partial charge in [0.2, 0.25) is 5.91 Å². The van der Waals surface area contributed by atoms with Crippen LogP contribution < -0.4 is 11.1 Å². The number of ether oxygens (including phenoxy) is 1. The number of benzene rings is 1. The lowest BCUT2D eigenvalue weighted by Gasteiger charge is -2.14. The number of methoxy groups -OCH3 is 1. The number of nitrogens with one attached hydrogen (secondary N) is 1. The summed E-state index contributed by atoms with van der Waals surface area (Å²) in [5, 5.41) is 13.9. The number of hydrogen-bond acceptors (Lipinski definition) is 5. The molecule has 0 aliphatic heterocycles. The average molecular weight is 253 g/mol. The maximum atomic E-state index is 11.0. The number of nitrogens with two attached hydrogens (primary N) is 1. The lowest BCUT2D eigenvalue weighted by molar-refractivity contribution is -0.384. The number of carbonyl (C=O) groups is 1. The van der Waals surface area contributed by atoms with E-state index in [2.05, 4.69) is 5.32 Å². The van der Waals surface area contributed by atoms with Gasteiger partial charge < -0.3 is 15.8 Å². The quantitative estimate of drug-likeness (QED) is 0.583. The van der Waals surface area contributed by atoms with Gasteiger partial charge in [0.1, 0.15) is 5.69 Å². The van der Waals surface area contributed by atoms with E-state index >= 15 is 0 Å². The third-order valence-electron chi connectivity index (χ3n) is 2.30. The van der Waals surface area contributed by atoms with Crippen molar-refractivity contribution in [1.29, 1.82) is 0 Å². The fraction of sp³-hybridized carbons (Fsp3) is 0.364. The summed E-state index contributed by atoms with van der Waals surface area (Å²) in [6.07, 6.45) is 0. The number of primary amides is 1. The van der Waals surface area contributed by atoms with E-state index in [9.17, 15) is 14.9 Å². The smallest absolute Gasteiger partial charge is 0.293 e. The molecule has 0 fully saturated rings. The van der Waals surface area contributed by atoms with Crippen LogP contribution in [0.5, 0.6) is 0 Å². The van der Waals surface area contributed by atoms with Crippen LogP contribution in [0, 0.1) is 10.1 Å². The second-order valence-electron chi connectivity index (χ2n) is 3.85. The van der Waals surface area contributed by atoms with E-state index < -0.39 is 10.8 Å². The Kier molecular flexibility index (Phi) is 4.61. The standard InChI is InChI=1S/C11H15N3O4/c1-7(6-18-2)13-9-4-3-8(11(12)15)5-10(9)14(16)17/h3-5,7,13H,6H2,1-2H3,(H2,12,15)/t7-/m1/s1. The van der Waals surface area contributed by atoms with Crippen molar-refractivity contribution in [2.45, 2.75) is 13.0 Å². The van der Waals surface area contributed by atoms with Crippen molar-refractivity contribution < 1.29 is 14.5 Å². The van der Waals surface area contributed by atoms with E-state index in [4.69, 9.17) is 10.5 Å². The van der Waals surface area contributed by atoms with E-state index in [1.165, 1.54) is 12.1 Å². The van der Waals surface area contributed by atoms with Gasteiger partial charge >= 0.3 is 0 Å². The van der Waals surface area contributed by atoms with Crippen LogP contribution in [0.1, 0.15) is 17.3 Å². The van der Waals surface area contributed by atoms with Crippen LogP contribution in [-0.4, -0.2) is 30.6 Å². The van der Waals surface area contributed by atoms with Crippen molar-refractivity contribution in [3.05, 3.63) is 33.9 Å². The summed E-state index contributed by atoms with van der Waals surface area (Å²) in [5.41, 5.74) is 5.33. The average Bonchev–Trinajstić information content (AvgIpc) is 2.29. The van der Waals surface area contributed by atoms with Crippen LogP contribution in [-0.2, 0) is 4.74 Å². The largest absolute Gasteiger partial charge is 0.383 e. The van der Waals surface area contributed by atoms with Crippen LogP contribution in [0.25, 0.3) is 0 Å². The van der Waals surface area contributed by atoms with Crippen LogP contribution in [0.15, 0.2) is 18.2 Å². The van der Waals surface area contributed by atoms with Crippen molar-refractivity contribution in [3.8, 4) is 0 Å². The molecular formula is C11H15N3O4. The SMILES string of the molecule is COC[C@@H](C)Nc1ccc(C(N)=O)cc1[N+](=O)[O-]. The van der Waals surface area contributed by atoms with Gasteiger partial charge in [0.25, 0.3) is 5.69 Å². The maximum absolute atomic E-state index is 11.0. The number of amides is 1. The molecule has 98 valence electrons. The molecule has 1 aromatic carbocycles. The van der Waals surface area contributed by atoms with Gasteiger partial charge in [-0.25, -0.2) is 0 Å². The molecule has 18 heavy (non-hydrogen) atoms. The van der Waals surface area contributed by atoms with Gasteiger partial charge in [-0.1, -0.05) is 0 Å². The number of carbonyl (C=O) groups excluding carboxylic acids is 1.